The molecule has 1 heterocycles. The summed E-state index contributed by atoms with van der Waals surface area (Å²) in [5, 5.41) is 11.5. The van der Waals surface area contributed by atoms with E-state index in [0.29, 0.717) is 12.8 Å². The Kier molecular flexibility index (Phi) is 4.55. The van der Waals surface area contributed by atoms with Crippen molar-refractivity contribution >= 4 is 21.6 Å². The number of carbonyl (C=O) groups excluding carboxylic acids is 1. The van der Waals surface area contributed by atoms with Crippen molar-refractivity contribution in [2.24, 2.45) is 16.8 Å². The molecule has 1 fully saturated rings. The number of nitrogens with two attached hydrogens (primary N) is 1. The van der Waals surface area contributed by atoms with Gasteiger partial charge < -0.3 is 15.8 Å². The van der Waals surface area contributed by atoms with Gasteiger partial charge in [-0.3, -0.25) is 4.79 Å². The molecule has 0 saturated carbocycles. The molecular weight excluding hydrogens is 258 g/mol. The summed E-state index contributed by atoms with van der Waals surface area (Å²) < 4.78 is 22.7. The molecule has 1 rings (SSSR count). The van der Waals surface area contributed by atoms with Gasteiger partial charge in [-0.25, -0.2) is 8.42 Å². The summed E-state index contributed by atoms with van der Waals surface area (Å²) in [6, 6.07) is -0.317. The van der Waals surface area contributed by atoms with E-state index >= 15 is 0 Å². The van der Waals surface area contributed by atoms with Gasteiger partial charge in [-0.1, -0.05) is 12.1 Å². The number of hydrogen-bond acceptors (Lipinski definition) is 5. The molecule has 1 aliphatic heterocycles. The van der Waals surface area contributed by atoms with Crippen LogP contribution in [0.15, 0.2) is 5.16 Å². The van der Waals surface area contributed by atoms with Crippen molar-refractivity contribution in [1.82, 2.24) is 4.90 Å². The SMILES string of the molecule is CCC(C(=O)N(C)C1CCS(=O)(=O)C1)C(N)=NO. The van der Waals surface area contributed by atoms with E-state index in [9.17, 15) is 13.2 Å². The lowest BCUT2D eigenvalue weighted by atomic mass is 10.0. The lowest BCUT2D eigenvalue weighted by molar-refractivity contribution is -0.133. The lowest BCUT2D eigenvalue weighted by Gasteiger charge is -2.27. The fourth-order valence-corrected chi connectivity index (χ4v) is 3.86. The topological polar surface area (TPSA) is 113 Å². The van der Waals surface area contributed by atoms with Crippen molar-refractivity contribution in [3.8, 4) is 0 Å². The Hall–Kier alpha value is -1.31. The van der Waals surface area contributed by atoms with Crippen LogP contribution in [0.5, 0.6) is 0 Å². The number of amidine groups is 1. The quantitative estimate of drug-likeness (QED) is 0.308. The second-order valence-electron chi connectivity index (χ2n) is 4.49. The van der Waals surface area contributed by atoms with Crippen LogP contribution < -0.4 is 5.73 Å². The highest BCUT2D eigenvalue weighted by Crippen LogP contribution is 2.19. The fourth-order valence-electron chi connectivity index (χ4n) is 2.09. The predicted octanol–water partition coefficient (Wildman–Crippen LogP) is -0.595. The summed E-state index contributed by atoms with van der Waals surface area (Å²) in [4.78, 5) is 13.5. The zero-order chi connectivity index (χ0) is 13.9. The van der Waals surface area contributed by atoms with Gasteiger partial charge in [0.25, 0.3) is 0 Å². The van der Waals surface area contributed by atoms with Crippen LogP contribution in [0.4, 0.5) is 0 Å². The van der Waals surface area contributed by atoms with Gasteiger partial charge in [0, 0.05) is 13.1 Å². The highest BCUT2D eigenvalue weighted by Gasteiger charge is 2.35. The minimum absolute atomic E-state index is 0.0121. The summed E-state index contributed by atoms with van der Waals surface area (Å²) in [6.07, 6.45) is 0.843. The third kappa shape index (κ3) is 3.12. The van der Waals surface area contributed by atoms with Gasteiger partial charge in [0.2, 0.25) is 5.91 Å². The molecule has 2 atom stereocenters. The van der Waals surface area contributed by atoms with Gasteiger partial charge in [-0.15, -0.1) is 0 Å². The van der Waals surface area contributed by atoms with Gasteiger partial charge in [0.1, 0.15) is 0 Å². The number of rotatable bonds is 4. The van der Waals surface area contributed by atoms with Gasteiger partial charge in [0.05, 0.1) is 17.4 Å². The van der Waals surface area contributed by atoms with E-state index in [1.807, 2.05) is 0 Å². The first-order valence-corrected chi connectivity index (χ1v) is 7.59. The molecule has 3 N–H and O–H groups in total. The predicted molar refractivity (Wildman–Crippen MR) is 67.0 cm³/mol. The van der Waals surface area contributed by atoms with Crippen molar-refractivity contribution in [1.29, 1.82) is 0 Å². The molecule has 0 aliphatic carbocycles. The van der Waals surface area contributed by atoms with Gasteiger partial charge in [-0.05, 0) is 12.8 Å². The molecule has 0 aromatic rings. The largest absolute Gasteiger partial charge is 0.409 e. The molecule has 1 saturated heterocycles. The van der Waals surface area contributed by atoms with E-state index in [1.54, 1.807) is 14.0 Å². The molecule has 2 unspecified atom stereocenters. The molecular formula is C10H19N3O4S. The summed E-state index contributed by atoms with van der Waals surface area (Å²) in [5.74, 6) is -1.06. The summed E-state index contributed by atoms with van der Waals surface area (Å²) in [6.45, 7) is 1.75. The molecule has 7 nitrogen and oxygen atoms in total. The molecule has 18 heavy (non-hydrogen) atoms. The Labute approximate surface area is 107 Å². The first-order valence-electron chi connectivity index (χ1n) is 5.77. The Morgan fingerprint density at radius 2 is 2.22 bits per heavy atom. The monoisotopic (exact) mass is 277 g/mol. The van der Waals surface area contributed by atoms with E-state index in [-0.39, 0.29) is 29.3 Å². The summed E-state index contributed by atoms with van der Waals surface area (Å²) in [5.41, 5.74) is 5.45. The molecule has 0 aromatic carbocycles. The van der Waals surface area contributed by atoms with Crippen LogP contribution in [0.25, 0.3) is 0 Å². The van der Waals surface area contributed by atoms with E-state index in [4.69, 9.17) is 10.9 Å². The molecule has 8 heteroatoms. The van der Waals surface area contributed by atoms with E-state index in [1.165, 1.54) is 4.90 Å². The van der Waals surface area contributed by atoms with Crippen molar-refractivity contribution < 1.29 is 18.4 Å². The van der Waals surface area contributed by atoms with Gasteiger partial charge in [0.15, 0.2) is 15.7 Å². The number of carbonyl (C=O) groups is 1. The first-order chi connectivity index (χ1) is 8.32. The molecule has 104 valence electrons. The van der Waals surface area contributed by atoms with Crippen LogP contribution in [-0.4, -0.2) is 54.9 Å². The second kappa shape index (κ2) is 5.55. The van der Waals surface area contributed by atoms with Crippen LogP contribution in [0.1, 0.15) is 19.8 Å². The maximum absolute atomic E-state index is 12.1. The zero-order valence-electron chi connectivity index (χ0n) is 10.5. The number of nitrogens with zero attached hydrogens (tertiary/aromatic N) is 2. The molecule has 0 radical (unpaired) electrons. The fraction of sp³-hybridized carbons (Fsp3) is 0.800. The Bertz CT molecular complexity index is 446. The van der Waals surface area contributed by atoms with Gasteiger partial charge >= 0.3 is 0 Å². The van der Waals surface area contributed by atoms with Crippen molar-refractivity contribution in [3.63, 3.8) is 0 Å². The molecule has 0 aromatic heterocycles. The molecule has 0 spiro atoms. The maximum Gasteiger partial charge on any atom is 0.233 e. The molecule has 0 bridgehead atoms. The standard InChI is InChI=1S/C10H19N3O4S/c1-3-8(9(11)12-15)10(14)13(2)7-4-5-18(16,17)6-7/h7-8,15H,3-6H2,1-2H3,(H2,11,12). The Balaban J connectivity index is 2.78. The molecule has 1 aliphatic rings. The Morgan fingerprint density at radius 3 is 2.61 bits per heavy atom. The lowest BCUT2D eigenvalue weighted by Crippen LogP contribution is -2.45. The van der Waals surface area contributed by atoms with Crippen LogP contribution in [0.2, 0.25) is 0 Å². The zero-order valence-corrected chi connectivity index (χ0v) is 11.4. The normalized spacial score (nSPS) is 24.8. The highest BCUT2D eigenvalue weighted by molar-refractivity contribution is 7.91. The number of hydrogen-bond donors (Lipinski definition) is 2. The van der Waals surface area contributed by atoms with E-state index in [2.05, 4.69) is 5.16 Å². The van der Waals surface area contributed by atoms with E-state index < -0.39 is 15.8 Å². The number of oxime groups is 1. The third-order valence-electron chi connectivity index (χ3n) is 3.28. The minimum Gasteiger partial charge on any atom is -0.409 e. The van der Waals surface area contributed by atoms with Crippen molar-refractivity contribution in [2.75, 3.05) is 18.6 Å². The highest BCUT2D eigenvalue weighted by atomic mass is 32.2. The smallest absolute Gasteiger partial charge is 0.233 e. The summed E-state index contributed by atoms with van der Waals surface area (Å²) in [7, 11) is -1.48. The minimum atomic E-state index is -3.04. The van der Waals surface area contributed by atoms with Crippen molar-refractivity contribution in [2.45, 2.75) is 25.8 Å². The maximum atomic E-state index is 12.1. The average molecular weight is 277 g/mol. The van der Waals surface area contributed by atoms with Crippen molar-refractivity contribution in [3.05, 3.63) is 0 Å². The summed E-state index contributed by atoms with van der Waals surface area (Å²) >= 11 is 0. The number of amides is 1. The van der Waals surface area contributed by atoms with Crippen LogP contribution in [0, 0.1) is 5.92 Å². The van der Waals surface area contributed by atoms with Gasteiger partial charge in [-0.2, -0.15) is 0 Å². The van der Waals surface area contributed by atoms with Crippen LogP contribution in [0.3, 0.4) is 0 Å². The number of sulfone groups is 1. The second-order valence-corrected chi connectivity index (χ2v) is 6.72. The van der Waals surface area contributed by atoms with E-state index in [0.717, 1.165) is 0 Å². The Morgan fingerprint density at radius 1 is 1.61 bits per heavy atom. The first kappa shape index (κ1) is 14.7. The third-order valence-corrected chi connectivity index (χ3v) is 5.03. The molecule has 1 amide bonds. The van der Waals surface area contributed by atoms with Crippen LogP contribution >= 0.6 is 0 Å². The average Bonchev–Trinajstić information content (AvgIpc) is 2.69. The van der Waals surface area contributed by atoms with Crippen LogP contribution in [-0.2, 0) is 14.6 Å².